The van der Waals surface area contributed by atoms with Crippen molar-refractivity contribution in [2.45, 2.75) is 31.7 Å². The van der Waals surface area contributed by atoms with Gasteiger partial charge in [0.2, 0.25) is 5.43 Å². The summed E-state index contributed by atoms with van der Waals surface area (Å²) in [4.78, 5) is 30.2. The topological polar surface area (TPSA) is 125 Å². The fraction of sp³-hybridized carbons (Fsp3) is 0.400. The summed E-state index contributed by atoms with van der Waals surface area (Å²) in [5, 5.41) is 18.4. The van der Waals surface area contributed by atoms with Crippen molar-refractivity contribution in [3.63, 3.8) is 0 Å². The molecule has 4 rings (SSSR count). The average molecular weight is 397 g/mol. The number of rotatable bonds is 4. The molecule has 1 saturated carbocycles. The van der Waals surface area contributed by atoms with Crippen LogP contribution in [0.2, 0.25) is 0 Å². The lowest BCUT2D eigenvalue weighted by Gasteiger charge is -2.30. The van der Waals surface area contributed by atoms with Crippen LogP contribution in [0.15, 0.2) is 28.2 Å². The molecule has 0 atom stereocenters. The minimum absolute atomic E-state index is 0.0226. The van der Waals surface area contributed by atoms with Crippen LogP contribution >= 0.6 is 0 Å². The molecule has 0 aromatic carbocycles. The second-order valence-corrected chi connectivity index (χ2v) is 7.37. The maximum atomic E-state index is 14.9. The van der Waals surface area contributed by atoms with Crippen LogP contribution in [-0.2, 0) is 0 Å². The van der Waals surface area contributed by atoms with Crippen molar-refractivity contribution in [2.75, 3.05) is 24.5 Å². The standard InChI is InChI=1S/C20H20FN5O3/c21-16-7-14-17(27)15(20(28)29)10-26(13-1-2-13)18(14)24-19(16)25-5-3-11(4-6-25)12(8-22)9-23/h7,10,13H,1-6,8,22H2,(H,28,29). The number of nitrogens with zero attached hydrogens (tertiary/aromatic N) is 4. The number of aromatic carboxylic acids is 1. The SMILES string of the molecule is N#CC(CN)=C1CCN(c2nc3c(cc2F)c(=O)c(C(=O)O)cn3C2CC2)CC1. The molecule has 0 amide bonds. The van der Waals surface area contributed by atoms with Gasteiger partial charge >= 0.3 is 5.97 Å². The highest BCUT2D eigenvalue weighted by atomic mass is 19.1. The highest BCUT2D eigenvalue weighted by Gasteiger charge is 2.29. The molecule has 0 bridgehead atoms. The fourth-order valence-electron chi connectivity index (χ4n) is 3.80. The number of carbonyl (C=O) groups is 1. The van der Waals surface area contributed by atoms with Gasteiger partial charge < -0.3 is 20.3 Å². The van der Waals surface area contributed by atoms with Crippen LogP contribution in [0.3, 0.4) is 0 Å². The van der Waals surface area contributed by atoms with Gasteiger partial charge in [-0.25, -0.2) is 14.2 Å². The second kappa shape index (κ2) is 7.29. The van der Waals surface area contributed by atoms with Crippen molar-refractivity contribution in [3.05, 3.63) is 45.0 Å². The lowest BCUT2D eigenvalue weighted by atomic mass is 9.98. The molecule has 0 spiro atoms. The lowest BCUT2D eigenvalue weighted by molar-refractivity contribution is 0.0695. The van der Waals surface area contributed by atoms with Gasteiger partial charge in [0.25, 0.3) is 0 Å². The quantitative estimate of drug-likeness (QED) is 0.755. The molecule has 8 nitrogen and oxygen atoms in total. The Bertz CT molecular complexity index is 1130. The third-order valence-electron chi connectivity index (χ3n) is 5.54. The molecule has 2 aromatic heterocycles. The molecule has 0 radical (unpaired) electrons. The first-order valence-corrected chi connectivity index (χ1v) is 9.49. The summed E-state index contributed by atoms with van der Waals surface area (Å²) in [5.41, 5.74) is 6.35. The highest BCUT2D eigenvalue weighted by molar-refractivity contribution is 5.92. The van der Waals surface area contributed by atoms with Gasteiger partial charge in [0, 0.05) is 37.4 Å². The van der Waals surface area contributed by atoms with Crippen LogP contribution in [0.1, 0.15) is 42.1 Å². The Morgan fingerprint density at radius 2 is 2.07 bits per heavy atom. The van der Waals surface area contributed by atoms with Crippen molar-refractivity contribution in [2.24, 2.45) is 5.73 Å². The number of nitriles is 1. The largest absolute Gasteiger partial charge is 0.477 e. The van der Waals surface area contributed by atoms with E-state index in [4.69, 9.17) is 11.0 Å². The molecule has 3 N–H and O–H groups in total. The Balaban J connectivity index is 1.77. The van der Waals surface area contributed by atoms with E-state index in [0.717, 1.165) is 24.5 Å². The molecule has 2 fully saturated rings. The van der Waals surface area contributed by atoms with Crippen LogP contribution in [0, 0.1) is 17.1 Å². The van der Waals surface area contributed by atoms with E-state index in [9.17, 15) is 19.1 Å². The van der Waals surface area contributed by atoms with Crippen molar-refractivity contribution in [1.29, 1.82) is 5.26 Å². The number of nitrogens with two attached hydrogens (primary N) is 1. The first-order chi connectivity index (χ1) is 13.9. The van der Waals surface area contributed by atoms with E-state index < -0.39 is 17.2 Å². The number of aromatic nitrogens is 2. The fourth-order valence-corrected chi connectivity index (χ4v) is 3.80. The van der Waals surface area contributed by atoms with Gasteiger partial charge in [-0.2, -0.15) is 5.26 Å². The predicted molar refractivity (Wildman–Crippen MR) is 104 cm³/mol. The number of hydrogen-bond acceptors (Lipinski definition) is 6. The molecule has 1 aliphatic carbocycles. The van der Waals surface area contributed by atoms with Crippen LogP contribution in [-0.4, -0.2) is 40.3 Å². The number of piperidine rings is 1. The monoisotopic (exact) mass is 397 g/mol. The van der Waals surface area contributed by atoms with Gasteiger partial charge in [-0.15, -0.1) is 0 Å². The number of hydrogen-bond donors (Lipinski definition) is 2. The molecular weight excluding hydrogens is 377 g/mol. The summed E-state index contributed by atoms with van der Waals surface area (Å²) < 4.78 is 16.6. The summed E-state index contributed by atoms with van der Waals surface area (Å²) in [7, 11) is 0. The van der Waals surface area contributed by atoms with Crippen LogP contribution in [0.25, 0.3) is 11.0 Å². The Hall–Kier alpha value is -3.25. The lowest BCUT2D eigenvalue weighted by Crippen LogP contribution is -2.33. The Morgan fingerprint density at radius 3 is 2.62 bits per heavy atom. The Morgan fingerprint density at radius 1 is 1.38 bits per heavy atom. The van der Waals surface area contributed by atoms with E-state index in [1.54, 1.807) is 9.47 Å². The van der Waals surface area contributed by atoms with Gasteiger partial charge in [-0.3, -0.25) is 4.79 Å². The normalized spacial score (nSPS) is 16.7. The molecule has 1 saturated heterocycles. The van der Waals surface area contributed by atoms with E-state index >= 15 is 0 Å². The zero-order chi connectivity index (χ0) is 20.7. The minimum Gasteiger partial charge on any atom is -0.477 e. The number of pyridine rings is 2. The Kier molecular flexibility index (Phi) is 4.80. The number of halogens is 1. The Labute approximate surface area is 165 Å². The van der Waals surface area contributed by atoms with E-state index in [2.05, 4.69) is 11.1 Å². The van der Waals surface area contributed by atoms with E-state index in [1.165, 1.54) is 6.20 Å². The molecule has 2 aliphatic rings. The maximum Gasteiger partial charge on any atom is 0.341 e. The maximum absolute atomic E-state index is 14.9. The molecule has 9 heteroatoms. The molecule has 150 valence electrons. The van der Waals surface area contributed by atoms with Crippen LogP contribution in [0.4, 0.5) is 10.2 Å². The molecule has 29 heavy (non-hydrogen) atoms. The first-order valence-electron chi connectivity index (χ1n) is 9.49. The van der Waals surface area contributed by atoms with Crippen molar-refractivity contribution in [3.8, 4) is 6.07 Å². The van der Waals surface area contributed by atoms with E-state index in [1.807, 2.05) is 0 Å². The number of fused-ring (bicyclic) bond motifs is 1. The molecule has 0 unspecified atom stereocenters. The van der Waals surface area contributed by atoms with Crippen LogP contribution in [0.5, 0.6) is 0 Å². The zero-order valence-corrected chi connectivity index (χ0v) is 15.7. The first kappa shape index (κ1) is 19.1. The summed E-state index contributed by atoms with van der Waals surface area (Å²) in [5.74, 6) is -1.86. The zero-order valence-electron chi connectivity index (χ0n) is 15.7. The average Bonchev–Trinajstić information content (AvgIpc) is 3.55. The number of carboxylic acid groups (broad SMARTS) is 1. The third kappa shape index (κ3) is 3.36. The van der Waals surface area contributed by atoms with Crippen molar-refractivity contribution < 1.29 is 14.3 Å². The molecule has 1 aliphatic heterocycles. The van der Waals surface area contributed by atoms with E-state index in [0.29, 0.717) is 37.2 Å². The summed E-state index contributed by atoms with van der Waals surface area (Å²) in [6.45, 7) is 1.15. The molecular formula is C20H20FN5O3. The van der Waals surface area contributed by atoms with Crippen molar-refractivity contribution in [1.82, 2.24) is 9.55 Å². The second-order valence-electron chi connectivity index (χ2n) is 7.37. The van der Waals surface area contributed by atoms with Gasteiger partial charge in [0.1, 0.15) is 11.2 Å². The molecule has 3 heterocycles. The number of carboxylic acids is 1. The van der Waals surface area contributed by atoms with Crippen molar-refractivity contribution >= 4 is 22.8 Å². The smallest absolute Gasteiger partial charge is 0.341 e. The van der Waals surface area contributed by atoms with Gasteiger partial charge in [0.05, 0.1) is 11.5 Å². The number of anilines is 1. The van der Waals surface area contributed by atoms with Gasteiger partial charge in [-0.05, 0) is 31.7 Å². The minimum atomic E-state index is -1.33. The summed E-state index contributed by atoms with van der Waals surface area (Å²) >= 11 is 0. The molecule has 2 aromatic rings. The van der Waals surface area contributed by atoms with Crippen LogP contribution < -0.4 is 16.1 Å². The van der Waals surface area contributed by atoms with Gasteiger partial charge in [-0.1, -0.05) is 5.57 Å². The summed E-state index contributed by atoms with van der Waals surface area (Å²) in [6.07, 6.45) is 4.22. The predicted octanol–water partition coefficient (Wildman–Crippen LogP) is 1.95. The van der Waals surface area contributed by atoms with E-state index in [-0.39, 0.29) is 29.4 Å². The third-order valence-corrected chi connectivity index (χ3v) is 5.54. The highest BCUT2D eigenvalue weighted by Crippen LogP contribution is 2.37. The van der Waals surface area contributed by atoms with Gasteiger partial charge in [0.15, 0.2) is 11.6 Å². The summed E-state index contributed by atoms with van der Waals surface area (Å²) in [6, 6.07) is 3.28.